The van der Waals surface area contributed by atoms with Gasteiger partial charge in [0.05, 0.1) is 12.0 Å². The average Bonchev–Trinajstić information content (AvgIpc) is 2.35. The van der Waals surface area contributed by atoms with Gasteiger partial charge in [0.2, 0.25) is 10.0 Å². The second kappa shape index (κ2) is 5.77. The van der Waals surface area contributed by atoms with E-state index in [0.717, 1.165) is 22.5 Å². The van der Waals surface area contributed by atoms with Gasteiger partial charge in [-0.1, -0.05) is 0 Å². The van der Waals surface area contributed by atoms with E-state index in [4.69, 9.17) is 10.4 Å². The van der Waals surface area contributed by atoms with Crippen LogP contribution in [0, 0.1) is 17.1 Å². The maximum Gasteiger partial charge on any atom is 0.304 e. The van der Waals surface area contributed by atoms with Gasteiger partial charge in [0.15, 0.2) is 0 Å². The summed E-state index contributed by atoms with van der Waals surface area (Å²) in [6.07, 6.45) is -0.362. The molecule has 0 aliphatic carbocycles. The highest BCUT2D eigenvalue weighted by Gasteiger charge is 2.24. The fourth-order valence-corrected chi connectivity index (χ4v) is 2.65. The molecule has 6 nitrogen and oxygen atoms in total. The van der Waals surface area contributed by atoms with E-state index in [1.54, 1.807) is 6.07 Å². The Labute approximate surface area is 109 Å². The van der Waals surface area contributed by atoms with E-state index in [0.29, 0.717) is 0 Å². The van der Waals surface area contributed by atoms with Crippen LogP contribution in [0.4, 0.5) is 4.39 Å². The van der Waals surface area contributed by atoms with Crippen molar-refractivity contribution in [1.29, 1.82) is 5.26 Å². The third-order valence-electron chi connectivity index (χ3n) is 2.39. The molecule has 1 aromatic rings. The van der Waals surface area contributed by atoms with Crippen molar-refractivity contribution in [3.05, 3.63) is 29.6 Å². The van der Waals surface area contributed by atoms with Gasteiger partial charge in [-0.25, -0.2) is 17.1 Å². The summed E-state index contributed by atoms with van der Waals surface area (Å²) in [5, 5.41) is 17.3. The molecule has 0 heterocycles. The number of nitriles is 1. The predicted molar refractivity (Wildman–Crippen MR) is 63.2 cm³/mol. The van der Waals surface area contributed by atoms with E-state index in [1.165, 1.54) is 7.05 Å². The van der Waals surface area contributed by atoms with Crippen LogP contribution in [0.3, 0.4) is 0 Å². The smallest absolute Gasteiger partial charge is 0.304 e. The second-order valence-corrected chi connectivity index (χ2v) is 5.74. The van der Waals surface area contributed by atoms with Crippen molar-refractivity contribution in [2.24, 2.45) is 0 Å². The number of hydrogen-bond acceptors (Lipinski definition) is 4. The molecule has 0 saturated carbocycles. The number of aliphatic carboxylic acids is 1. The third kappa shape index (κ3) is 3.49. The molecule has 19 heavy (non-hydrogen) atoms. The lowest BCUT2D eigenvalue weighted by Crippen LogP contribution is -2.29. The molecule has 0 bridgehead atoms. The third-order valence-corrected chi connectivity index (χ3v) is 4.31. The first-order valence-corrected chi connectivity index (χ1v) is 6.61. The lowest BCUT2D eigenvalue weighted by molar-refractivity contribution is -0.137. The Kier molecular flexibility index (Phi) is 4.58. The van der Waals surface area contributed by atoms with E-state index in [-0.39, 0.29) is 23.4 Å². The SMILES string of the molecule is CN(CCC(=O)O)S(=O)(=O)c1ccc(F)cc1C#N. The van der Waals surface area contributed by atoms with Crippen LogP contribution < -0.4 is 0 Å². The van der Waals surface area contributed by atoms with Gasteiger partial charge in [-0.2, -0.15) is 5.26 Å². The summed E-state index contributed by atoms with van der Waals surface area (Å²) in [5.41, 5.74) is -0.317. The number of carboxylic acids is 1. The van der Waals surface area contributed by atoms with Crippen molar-refractivity contribution in [1.82, 2.24) is 4.31 Å². The van der Waals surface area contributed by atoms with E-state index in [2.05, 4.69) is 0 Å². The summed E-state index contributed by atoms with van der Waals surface area (Å²) in [4.78, 5) is 10.1. The highest BCUT2D eigenvalue weighted by molar-refractivity contribution is 7.89. The predicted octanol–water partition coefficient (Wildman–Crippen LogP) is 0.793. The maximum absolute atomic E-state index is 12.9. The van der Waals surface area contributed by atoms with Gasteiger partial charge in [0.25, 0.3) is 0 Å². The van der Waals surface area contributed by atoms with Crippen molar-refractivity contribution in [3.63, 3.8) is 0 Å². The quantitative estimate of drug-likeness (QED) is 0.863. The van der Waals surface area contributed by atoms with E-state index < -0.39 is 21.8 Å². The molecule has 0 radical (unpaired) electrons. The Morgan fingerprint density at radius 1 is 1.53 bits per heavy atom. The van der Waals surface area contributed by atoms with Crippen molar-refractivity contribution >= 4 is 16.0 Å². The largest absolute Gasteiger partial charge is 0.481 e. The Balaban J connectivity index is 3.14. The molecule has 0 spiro atoms. The van der Waals surface area contributed by atoms with Gasteiger partial charge in [-0.15, -0.1) is 0 Å². The van der Waals surface area contributed by atoms with Crippen molar-refractivity contribution in [2.75, 3.05) is 13.6 Å². The highest BCUT2D eigenvalue weighted by atomic mass is 32.2. The number of benzene rings is 1. The summed E-state index contributed by atoms with van der Waals surface area (Å²) in [5.74, 6) is -1.86. The Morgan fingerprint density at radius 3 is 2.68 bits per heavy atom. The van der Waals surface area contributed by atoms with E-state index >= 15 is 0 Å². The molecule has 0 unspecified atom stereocenters. The monoisotopic (exact) mass is 286 g/mol. The Morgan fingerprint density at radius 2 is 2.16 bits per heavy atom. The van der Waals surface area contributed by atoms with Crippen molar-refractivity contribution in [2.45, 2.75) is 11.3 Å². The second-order valence-electron chi connectivity index (χ2n) is 3.72. The first kappa shape index (κ1) is 15.1. The molecule has 1 rings (SSSR count). The fraction of sp³-hybridized carbons (Fsp3) is 0.273. The molecule has 102 valence electrons. The molecule has 8 heteroatoms. The summed E-state index contributed by atoms with van der Waals surface area (Å²) in [7, 11) is -2.82. The molecule has 0 amide bonds. The molecule has 0 aromatic heterocycles. The standard InChI is InChI=1S/C11H11FN2O4S/c1-14(5-4-11(15)16)19(17,18)10-3-2-9(12)6-8(10)7-13/h2-3,6H,4-5H2,1H3,(H,15,16). The molecule has 0 aliphatic heterocycles. The van der Waals surface area contributed by atoms with Gasteiger partial charge < -0.3 is 5.11 Å². The van der Waals surface area contributed by atoms with Crippen LogP contribution in [0.2, 0.25) is 0 Å². The van der Waals surface area contributed by atoms with E-state index in [1.807, 2.05) is 0 Å². The lowest BCUT2D eigenvalue weighted by atomic mass is 10.2. The minimum atomic E-state index is -4.01. The van der Waals surface area contributed by atoms with Crippen LogP contribution in [0.15, 0.2) is 23.1 Å². The fourth-order valence-electron chi connectivity index (χ4n) is 1.36. The number of nitrogens with zero attached hydrogens (tertiary/aromatic N) is 2. The summed E-state index contributed by atoms with van der Waals surface area (Å²) in [6, 6.07) is 4.33. The molecule has 1 N–H and O–H groups in total. The molecule has 0 atom stereocenters. The van der Waals surface area contributed by atoms with Crippen LogP contribution >= 0.6 is 0 Å². The van der Waals surface area contributed by atoms with Gasteiger partial charge in [0.1, 0.15) is 16.8 Å². The lowest BCUT2D eigenvalue weighted by Gasteiger charge is -2.16. The van der Waals surface area contributed by atoms with Gasteiger partial charge in [0, 0.05) is 13.6 Å². The molecule has 0 fully saturated rings. The van der Waals surface area contributed by atoms with Gasteiger partial charge in [-0.05, 0) is 18.2 Å². The zero-order valence-electron chi connectivity index (χ0n) is 10.00. The zero-order chi connectivity index (χ0) is 14.6. The first-order valence-electron chi connectivity index (χ1n) is 5.17. The maximum atomic E-state index is 12.9. The molecule has 0 aliphatic rings. The molecular formula is C11H11FN2O4S. The molecule has 1 aromatic carbocycles. The van der Waals surface area contributed by atoms with Crippen LogP contribution in [0.1, 0.15) is 12.0 Å². The summed E-state index contributed by atoms with van der Waals surface area (Å²) in [6.45, 7) is -0.236. The van der Waals surface area contributed by atoms with Crippen LogP contribution in [0.5, 0.6) is 0 Å². The number of halogens is 1. The van der Waals surface area contributed by atoms with Gasteiger partial charge in [-0.3, -0.25) is 4.79 Å². The minimum absolute atomic E-state index is 0.236. The summed E-state index contributed by atoms with van der Waals surface area (Å²) >= 11 is 0. The number of hydrogen-bond donors (Lipinski definition) is 1. The van der Waals surface area contributed by atoms with Crippen LogP contribution in [0.25, 0.3) is 0 Å². The van der Waals surface area contributed by atoms with Crippen molar-refractivity contribution < 1.29 is 22.7 Å². The summed E-state index contributed by atoms with van der Waals surface area (Å²) < 4.78 is 37.9. The van der Waals surface area contributed by atoms with Crippen LogP contribution in [-0.2, 0) is 14.8 Å². The van der Waals surface area contributed by atoms with Gasteiger partial charge >= 0.3 is 5.97 Å². The topological polar surface area (TPSA) is 98.5 Å². The number of sulfonamides is 1. The average molecular weight is 286 g/mol. The first-order chi connectivity index (χ1) is 8.78. The molecular weight excluding hydrogens is 275 g/mol. The number of rotatable bonds is 5. The highest BCUT2D eigenvalue weighted by Crippen LogP contribution is 2.20. The molecule has 0 saturated heterocycles. The van der Waals surface area contributed by atoms with Crippen LogP contribution in [-0.4, -0.2) is 37.4 Å². The van der Waals surface area contributed by atoms with Crippen molar-refractivity contribution in [3.8, 4) is 6.07 Å². The Hall–Kier alpha value is -1.98. The number of carbonyl (C=O) groups is 1. The Bertz CT molecular complexity index is 637. The minimum Gasteiger partial charge on any atom is -0.481 e. The zero-order valence-corrected chi connectivity index (χ0v) is 10.8. The van der Waals surface area contributed by atoms with E-state index in [9.17, 15) is 17.6 Å². The number of carboxylic acid groups (broad SMARTS) is 1. The normalized spacial score (nSPS) is 11.3.